The number of benzene rings is 1. The van der Waals surface area contributed by atoms with Crippen LogP contribution in [0.1, 0.15) is 5.56 Å². The van der Waals surface area contributed by atoms with Crippen LogP contribution in [0.4, 0.5) is 10.2 Å². The first-order valence-corrected chi connectivity index (χ1v) is 12.9. The van der Waals surface area contributed by atoms with Gasteiger partial charge in [-0.1, -0.05) is 12.1 Å². The van der Waals surface area contributed by atoms with Gasteiger partial charge in [0.2, 0.25) is 6.41 Å². The van der Waals surface area contributed by atoms with Crippen LogP contribution in [0, 0.1) is 11.2 Å². The van der Waals surface area contributed by atoms with E-state index in [1.165, 1.54) is 17.8 Å². The molecule has 0 radical (unpaired) electrons. The topological polar surface area (TPSA) is 93.2 Å². The van der Waals surface area contributed by atoms with Gasteiger partial charge in [-0.3, -0.25) is 19.7 Å². The highest BCUT2D eigenvalue weighted by Crippen LogP contribution is 2.40. The van der Waals surface area contributed by atoms with Crippen molar-refractivity contribution in [2.24, 2.45) is 5.41 Å². The van der Waals surface area contributed by atoms with Gasteiger partial charge in [-0.15, -0.1) is 0 Å². The molecule has 2 aliphatic rings. The Balaban J connectivity index is 1.24. The smallest absolute Gasteiger partial charge is 0.209 e. The van der Waals surface area contributed by atoms with Gasteiger partial charge in [0.05, 0.1) is 28.6 Å². The number of nitrogens with zero attached hydrogens (tertiary/aromatic N) is 6. The van der Waals surface area contributed by atoms with Crippen molar-refractivity contribution in [2.75, 3.05) is 31.9 Å². The summed E-state index contributed by atoms with van der Waals surface area (Å²) in [5, 5.41) is 0. The standard InChI is InChI=1S/C30H26FN7O/c31-22-5-8-25(35-13-22)21-10-28-26(34-12-21)11-27(24-2-1-9-33-29(24)32)38(28)23-6-3-20(4-7-23)14-36-15-30(16-36)17-37(18-30)19-39/h1-13,19H,14-18H2,(H2,32,33). The van der Waals surface area contributed by atoms with Crippen molar-refractivity contribution in [3.8, 4) is 28.2 Å². The van der Waals surface area contributed by atoms with E-state index in [0.29, 0.717) is 16.9 Å². The third kappa shape index (κ3) is 4.11. The molecule has 1 amide bonds. The third-order valence-electron chi connectivity index (χ3n) is 7.74. The lowest BCUT2D eigenvalue weighted by molar-refractivity contribution is -0.147. The van der Waals surface area contributed by atoms with Crippen molar-refractivity contribution in [3.63, 3.8) is 0 Å². The first-order chi connectivity index (χ1) is 19.0. The number of fused-ring (bicyclic) bond motifs is 1. The summed E-state index contributed by atoms with van der Waals surface area (Å²) in [5.41, 5.74) is 13.6. The number of carbonyl (C=O) groups is 1. The lowest BCUT2D eigenvalue weighted by atomic mass is 9.73. The van der Waals surface area contributed by atoms with Crippen LogP contribution in [0.2, 0.25) is 0 Å². The minimum Gasteiger partial charge on any atom is -0.383 e. The highest BCUT2D eigenvalue weighted by atomic mass is 19.1. The van der Waals surface area contributed by atoms with Crippen molar-refractivity contribution >= 4 is 23.3 Å². The maximum atomic E-state index is 13.5. The third-order valence-corrected chi connectivity index (χ3v) is 7.74. The number of anilines is 1. The summed E-state index contributed by atoms with van der Waals surface area (Å²) in [5.74, 6) is 0.0593. The monoisotopic (exact) mass is 519 g/mol. The fourth-order valence-corrected chi connectivity index (χ4v) is 5.99. The molecule has 8 nitrogen and oxygen atoms in total. The summed E-state index contributed by atoms with van der Waals surface area (Å²) in [4.78, 5) is 28.4. The van der Waals surface area contributed by atoms with Gasteiger partial charge in [-0.05, 0) is 54.1 Å². The number of hydrogen-bond donors (Lipinski definition) is 1. The minimum absolute atomic E-state index is 0.299. The quantitative estimate of drug-likeness (QED) is 0.339. The maximum Gasteiger partial charge on any atom is 0.209 e. The van der Waals surface area contributed by atoms with Crippen LogP contribution in [-0.4, -0.2) is 61.9 Å². The number of pyridine rings is 3. The number of halogens is 1. The second kappa shape index (κ2) is 8.99. The van der Waals surface area contributed by atoms with Crippen LogP contribution >= 0.6 is 0 Å². The Labute approximate surface area is 224 Å². The van der Waals surface area contributed by atoms with E-state index in [9.17, 15) is 9.18 Å². The predicted molar refractivity (Wildman–Crippen MR) is 147 cm³/mol. The number of rotatable bonds is 6. The number of nitrogen functional groups attached to an aromatic ring is 1. The summed E-state index contributed by atoms with van der Waals surface area (Å²) < 4.78 is 15.6. The van der Waals surface area contributed by atoms with Gasteiger partial charge in [-0.25, -0.2) is 9.37 Å². The number of aromatic nitrogens is 4. The molecule has 2 saturated heterocycles. The average Bonchev–Trinajstić information content (AvgIpc) is 3.29. The van der Waals surface area contributed by atoms with Crippen LogP contribution in [0.15, 0.2) is 79.3 Å². The molecular weight excluding hydrogens is 493 g/mol. The molecule has 4 aromatic heterocycles. The van der Waals surface area contributed by atoms with Gasteiger partial charge in [-0.2, -0.15) is 0 Å². The fraction of sp³-hybridized carbons (Fsp3) is 0.200. The van der Waals surface area contributed by atoms with Crippen molar-refractivity contribution in [2.45, 2.75) is 6.54 Å². The maximum absolute atomic E-state index is 13.5. The summed E-state index contributed by atoms with van der Waals surface area (Å²) in [6.07, 6.45) is 5.59. The SMILES string of the molecule is Nc1ncccc1-c1cc2ncc(-c3ccc(F)cn3)cc2n1-c1ccc(CN2CC3(CN(C=O)C3)C2)cc1. The number of nitrogens with two attached hydrogens (primary N) is 1. The molecule has 0 atom stereocenters. The number of hydrogen-bond acceptors (Lipinski definition) is 6. The second-order valence-electron chi connectivity index (χ2n) is 10.6. The second-order valence-corrected chi connectivity index (χ2v) is 10.6. The van der Waals surface area contributed by atoms with Crippen molar-refractivity contribution in [1.82, 2.24) is 29.3 Å². The highest BCUT2D eigenvalue weighted by molar-refractivity contribution is 5.90. The van der Waals surface area contributed by atoms with E-state index in [1.807, 2.05) is 29.2 Å². The molecule has 2 aliphatic heterocycles. The summed E-state index contributed by atoms with van der Waals surface area (Å²) >= 11 is 0. The molecular formula is C30H26FN7O. The number of likely N-dealkylation sites (tertiary alicyclic amines) is 2. The van der Waals surface area contributed by atoms with E-state index in [-0.39, 0.29) is 5.82 Å². The molecule has 9 heteroatoms. The molecule has 2 N–H and O–H groups in total. The zero-order valence-electron chi connectivity index (χ0n) is 21.2. The molecule has 0 bridgehead atoms. The van der Waals surface area contributed by atoms with Gasteiger partial charge >= 0.3 is 0 Å². The molecule has 194 valence electrons. The molecule has 7 rings (SSSR count). The minimum atomic E-state index is -0.380. The van der Waals surface area contributed by atoms with Crippen LogP contribution in [0.3, 0.4) is 0 Å². The van der Waals surface area contributed by atoms with Gasteiger partial charge in [0.25, 0.3) is 0 Å². The largest absolute Gasteiger partial charge is 0.383 e. The zero-order valence-corrected chi connectivity index (χ0v) is 21.2. The molecule has 39 heavy (non-hydrogen) atoms. The summed E-state index contributed by atoms with van der Waals surface area (Å²) in [6.45, 7) is 4.67. The Bertz CT molecular complexity index is 1680. The first kappa shape index (κ1) is 23.5. The first-order valence-electron chi connectivity index (χ1n) is 12.9. The predicted octanol–water partition coefficient (Wildman–Crippen LogP) is 4.14. The molecule has 0 unspecified atom stereocenters. The molecule has 0 aliphatic carbocycles. The van der Waals surface area contributed by atoms with E-state index in [0.717, 1.165) is 72.7 Å². The molecule has 0 saturated carbocycles. The molecule has 2 fully saturated rings. The van der Waals surface area contributed by atoms with Gasteiger partial charge in [0, 0.05) is 67.3 Å². The van der Waals surface area contributed by atoms with E-state index in [2.05, 4.69) is 43.7 Å². The lowest BCUT2D eigenvalue weighted by Crippen LogP contribution is -2.71. The van der Waals surface area contributed by atoms with Gasteiger partial charge in [0.15, 0.2) is 0 Å². The Kier molecular flexibility index (Phi) is 5.41. The van der Waals surface area contributed by atoms with Gasteiger partial charge in [0.1, 0.15) is 11.6 Å². The van der Waals surface area contributed by atoms with Crippen molar-refractivity contribution in [3.05, 3.63) is 90.6 Å². The normalized spacial score (nSPS) is 16.3. The molecule has 6 heterocycles. The number of carbonyl (C=O) groups excluding carboxylic acids is 1. The summed E-state index contributed by atoms with van der Waals surface area (Å²) in [7, 11) is 0. The van der Waals surface area contributed by atoms with Crippen LogP contribution in [-0.2, 0) is 11.3 Å². The lowest BCUT2D eigenvalue weighted by Gasteiger charge is -2.59. The van der Waals surface area contributed by atoms with Crippen LogP contribution in [0.5, 0.6) is 0 Å². The summed E-state index contributed by atoms with van der Waals surface area (Å²) in [6, 6.07) is 19.4. The zero-order chi connectivity index (χ0) is 26.6. The van der Waals surface area contributed by atoms with Crippen LogP contribution < -0.4 is 5.73 Å². The Morgan fingerprint density at radius 1 is 0.949 bits per heavy atom. The Morgan fingerprint density at radius 3 is 2.49 bits per heavy atom. The van der Waals surface area contributed by atoms with Crippen LogP contribution in [0.25, 0.3) is 39.2 Å². The highest BCUT2D eigenvalue weighted by Gasteiger charge is 2.51. The molecule has 1 aromatic carbocycles. The Morgan fingerprint density at radius 2 is 1.77 bits per heavy atom. The van der Waals surface area contributed by atoms with Crippen molar-refractivity contribution in [1.29, 1.82) is 0 Å². The van der Waals surface area contributed by atoms with E-state index < -0.39 is 0 Å². The average molecular weight is 520 g/mol. The van der Waals surface area contributed by atoms with E-state index in [4.69, 9.17) is 10.7 Å². The van der Waals surface area contributed by atoms with E-state index >= 15 is 0 Å². The number of amides is 1. The fourth-order valence-electron chi connectivity index (χ4n) is 5.99. The Hall–Kier alpha value is -4.63. The van der Waals surface area contributed by atoms with E-state index in [1.54, 1.807) is 18.5 Å². The van der Waals surface area contributed by atoms with Gasteiger partial charge < -0.3 is 15.2 Å². The molecule has 5 aromatic rings. The van der Waals surface area contributed by atoms with Crippen molar-refractivity contribution < 1.29 is 9.18 Å². The molecule has 1 spiro atoms.